The highest BCUT2D eigenvalue weighted by Crippen LogP contribution is 2.33. The van der Waals surface area contributed by atoms with Gasteiger partial charge in [-0.1, -0.05) is 30.3 Å². The second kappa shape index (κ2) is 4.46. The summed E-state index contributed by atoms with van der Waals surface area (Å²) in [4.78, 5) is 9.48. The monoisotopic (exact) mass is 302 g/mol. The maximum absolute atomic E-state index is 12.0. The fraction of sp³-hybridized carbons (Fsp3) is 0.182. The Kier molecular flexibility index (Phi) is 3.23. The lowest BCUT2D eigenvalue weighted by Crippen LogP contribution is -2.30. The minimum atomic E-state index is -4.09. The van der Waals surface area contributed by atoms with Crippen LogP contribution in [0.4, 0.5) is 0 Å². The molecule has 0 saturated carbocycles. The van der Waals surface area contributed by atoms with Crippen LogP contribution in [-0.2, 0) is 24.5 Å². The van der Waals surface area contributed by atoms with Crippen molar-refractivity contribution in [1.82, 2.24) is 0 Å². The Balaban J connectivity index is 2.91. The van der Waals surface area contributed by atoms with Gasteiger partial charge in [0.2, 0.25) is 0 Å². The molecule has 0 fully saturated rings. The molecule has 1 heterocycles. The van der Waals surface area contributed by atoms with Crippen molar-refractivity contribution in [2.45, 2.75) is 0 Å². The Morgan fingerprint density at radius 2 is 1.47 bits per heavy atom. The van der Waals surface area contributed by atoms with Gasteiger partial charge in [0.25, 0.3) is 0 Å². The first-order chi connectivity index (χ1) is 8.76. The van der Waals surface area contributed by atoms with Crippen LogP contribution in [-0.4, -0.2) is 39.4 Å². The van der Waals surface area contributed by atoms with Crippen LogP contribution in [0, 0.1) is 0 Å². The predicted molar refractivity (Wildman–Crippen MR) is 68.6 cm³/mol. The summed E-state index contributed by atoms with van der Waals surface area (Å²) >= 11 is 0. The molecular formula is C11H10O6S2. The van der Waals surface area contributed by atoms with Crippen molar-refractivity contribution in [2.24, 2.45) is 0 Å². The molecule has 8 heteroatoms. The average Bonchev–Trinajstić information content (AvgIpc) is 2.32. The van der Waals surface area contributed by atoms with E-state index in [1.165, 1.54) is 24.3 Å². The zero-order chi connectivity index (χ0) is 14.3. The number of aliphatic carboxylic acids is 1. The maximum atomic E-state index is 12.0. The Bertz CT molecular complexity index is 757. The summed E-state index contributed by atoms with van der Waals surface area (Å²) in [7, 11) is -8.01. The highest BCUT2D eigenvalue weighted by molar-refractivity contribution is 8.06. The number of carbonyl (C=O) groups is 1. The number of rotatable bonds is 2. The van der Waals surface area contributed by atoms with E-state index in [-0.39, 0.29) is 5.56 Å². The van der Waals surface area contributed by atoms with Gasteiger partial charge in [-0.2, -0.15) is 0 Å². The highest BCUT2D eigenvalue weighted by Gasteiger charge is 2.40. The summed E-state index contributed by atoms with van der Waals surface area (Å²) in [5, 5.41) is 9.04. The molecule has 102 valence electrons. The maximum Gasteiger partial charge on any atom is 0.348 e. The Labute approximate surface area is 110 Å². The van der Waals surface area contributed by atoms with Gasteiger partial charge in [-0.3, -0.25) is 0 Å². The topological polar surface area (TPSA) is 106 Å². The first kappa shape index (κ1) is 13.8. The first-order valence-corrected chi connectivity index (χ1v) is 8.55. The summed E-state index contributed by atoms with van der Waals surface area (Å²) in [6.07, 6.45) is 0. The van der Waals surface area contributed by atoms with Gasteiger partial charge in [-0.25, -0.2) is 21.6 Å². The van der Waals surface area contributed by atoms with Gasteiger partial charge in [-0.15, -0.1) is 0 Å². The van der Waals surface area contributed by atoms with Crippen LogP contribution < -0.4 is 0 Å². The number of carboxylic acid groups (broad SMARTS) is 1. The molecule has 1 aliphatic heterocycles. The quantitative estimate of drug-likeness (QED) is 0.841. The van der Waals surface area contributed by atoms with E-state index in [0.717, 1.165) is 0 Å². The third kappa shape index (κ3) is 2.41. The molecule has 1 aromatic rings. The van der Waals surface area contributed by atoms with Crippen LogP contribution in [0.5, 0.6) is 0 Å². The van der Waals surface area contributed by atoms with E-state index >= 15 is 0 Å². The smallest absolute Gasteiger partial charge is 0.348 e. The Morgan fingerprint density at radius 3 is 2.00 bits per heavy atom. The van der Waals surface area contributed by atoms with Crippen LogP contribution in [0.2, 0.25) is 0 Å². The predicted octanol–water partition coefficient (Wildman–Crippen LogP) is 0.283. The third-order valence-corrected chi connectivity index (χ3v) is 6.61. The zero-order valence-electron chi connectivity index (χ0n) is 9.61. The molecule has 1 aromatic carbocycles. The molecule has 1 aliphatic rings. The summed E-state index contributed by atoms with van der Waals surface area (Å²) < 4.78 is 47.6. The normalized spacial score (nSPS) is 21.1. The molecule has 0 aliphatic carbocycles. The van der Waals surface area contributed by atoms with Gasteiger partial charge < -0.3 is 5.11 Å². The van der Waals surface area contributed by atoms with Gasteiger partial charge in [0.15, 0.2) is 24.6 Å². The van der Waals surface area contributed by atoms with Crippen molar-refractivity contribution in [3.8, 4) is 0 Å². The average molecular weight is 302 g/mol. The summed E-state index contributed by atoms with van der Waals surface area (Å²) in [5.41, 5.74) is 0.0724. The number of hydrogen-bond donors (Lipinski definition) is 1. The molecule has 1 N–H and O–H groups in total. The van der Waals surface area contributed by atoms with E-state index < -0.39 is 47.0 Å². The Hall–Kier alpha value is -1.67. The molecule has 0 aromatic heterocycles. The van der Waals surface area contributed by atoms with E-state index in [2.05, 4.69) is 0 Å². The molecule has 0 bridgehead atoms. The summed E-state index contributed by atoms with van der Waals surface area (Å²) in [5.74, 6) is -3.05. The van der Waals surface area contributed by atoms with Gasteiger partial charge in [0.05, 0.1) is 11.5 Å². The molecule has 0 atom stereocenters. The molecule has 0 spiro atoms. The second-order valence-corrected chi connectivity index (χ2v) is 8.06. The van der Waals surface area contributed by atoms with Crippen molar-refractivity contribution in [1.29, 1.82) is 0 Å². The number of carboxylic acids is 1. The second-order valence-electron chi connectivity index (χ2n) is 3.97. The Morgan fingerprint density at radius 1 is 0.947 bits per heavy atom. The molecule has 6 nitrogen and oxygen atoms in total. The molecule has 2 rings (SSSR count). The molecule has 0 amide bonds. The highest BCUT2D eigenvalue weighted by atomic mass is 32.2. The van der Waals surface area contributed by atoms with Crippen LogP contribution in [0.3, 0.4) is 0 Å². The van der Waals surface area contributed by atoms with Crippen LogP contribution >= 0.6 is 0 Å². The van der Waals surface area contributed by atoms with Crippen molar-refractivity contribution < 1.29 is 26.7 Å². The lowest BCUT2D eigenvalue weighted by atomic mass is 10.2. The van der Waals surface area contributed by atoms with Gasteiger partial charge in [0.1, 0.15) is 4.91 Å². The zero-order valence-corrected chi connectivity index (χ0v) is 11.2. The summed E-state index contributed by atoms with van der Waals surface area (Å²) in [6, 6.07) is 7.39. The van der Waals surface area contributed by atoms with Crippen molar-refractivity contribution in [2.75, 3.05) is 11.5 Å². The van der Waals surface area contributed by atoms with Gasteiger partial charge >= 0.3 is 5.97 Å². The molecule has 0 unspecified atom stereocenters. The minimum Gasteiger partial charge on any atom is -0.477 e. The number of hydrogen-bond acceptors (Lipinski definition) is 5. The minimum absolute atomic E-state index is 0.0724. The fourth-order valence-electron chi connectivity index (χ4n) is 1.84. The fourth-order valence-corrected chi connectivity index (χ4v) is 6.29. The van der Waals surface area contributed by atoms with Crippen LogP contribution in [0.25, 0.3) is 4.91 Å². The molecule has 0 radical (unpaired) electrons. The third-order valence-electron chi connectivity index (χ3n) is 2.68. The molecule has 19 heavy (non-hydrogen) atoms. The number of benzene rings is 1. The van der Waals surface area contributed by atoms with E-state index in [4.69, 9.17) is 5.11 Å². The lowest BCUT2D eigenvalue weighted by Gasteiger charge is -2.18. The van der Waals surface area contributed by atoms with E-state index in [9.17, 15) is 21.6 Å². The lowest BCUT2D eigenvalue weighted by molar-refractivity contribution is -0.131. The van der Waals surface area contributed by atoms with Gasteiger partial charge in [0, 0.05) is 0 Å². The van der Waals surface area contributed by atoms with Crippen molar-refractivity contribution >= 4 is 30.5 Å². The largest absolute Gasteiger partial charge is 0.477 e. The molecular weight excluding hydrogens is 292 g/mol. The van der Waals surface area contributed by atoms with E-state index in [1.54, 1.807) is 6.07 Å². The first-order valence-electron chi connectivity index (χ1n) is 5.24. The van der Waals surface area contributed by atoms with E-state index in [0.29, 0.717) is 0 Å². The van der Waals surface area contributed by atoms with Crippen LogP contribution in [0.15, 0.2) is 35.2 Å². The number of sulfone groups is 2. The van der Waals surface area contributed by atoms with E-state index in [1.807, 2.05) is 0 Å². The van der Waals surface area contributed by atoms with Crippen molar-refractivity contribution in [3.05, 3.63) is 40.8 Å². The standard InChI is InChI=1S/C11H10O6S2/c12-11(13)10-9(8-4-2-1-3-5-8)18(14,15)6-7-19(10,16)17/h1-5H,6-7H2,(H,12,13). The SMILES string of the molecule is O=C(O)C1=C(c2ccccc2)S(=O)(=O)CCS1(=O)=O. The summed E-state index contributed by atoms with van der Waals surface area (Å²) in [6.45, 7) is 0. The van der Waals surface area contributed by atoms with Gasteiger partial charge in [-0.05, 0) is 5.56 Å². The van der Waals surface area contributed by atoms with Crippen molar-refractivity contribution in [3.63, 3.8) is 0 Å². The van der Waals surface area contributed by atoms with Crippen LogP contribution in [0.1, 0.15) is 5.56 Å². The molecule has 0 saturated heterocycles.